The number of halogens is 2. The van der Waals surface area contributed by atoms with E-state index in [4.69, 9.17) is 11.6 Å². The first-order valence-electron chi connectivity index (χ1n) is 8.13. The molecule has 146 valence electrons. The van der Waals surface area contributed by atoms with Gasteiger partial charge in [-0.3, -0.25) is 14.8 Å². The smallest absolute Gasteiger partial charge is 0.335 e. The summed E-state index contributed by atoms with van der Waals surface area (Å²) >= 11 is 9.29. The van der Waals surface area contributed by atoms with Crippen molar-refractivity contribution in [3.63, 3.8) is 0 Å². The number of nitrogens with zero attached hydrogens (tertiary/aromatic N) is 2. The molecule has 4 N–H and O–H groups in total. The molecule has 0 bridgehead atoms. The topological polar surface area (TPSA) is 136 Å². The fraction of sp³-hybridized carbons (Fsp3) is 0. The van der Waals surface area contributed by atoms with E-state index in [9.17, 15) is 19.5 Å². The highest BCUT2D eigenvalue weighted by Gasteiger charge is 2.15. The molecule has 0 radical (unpaired) electrons. The van der Waals surface area contributed by atoms with Crippen LogP contribution in [0.5, 0.6) is 5.88 Å². The maximum absolute atomic E-state index is 12.2. The van der Waals surface area contributed by atoms with Gasteiger partial charge in [-0.2, -0.15) is 0 Å². The van der Waals surface area contributed by atoms with Crippen LogP contribution >= 0.6 is 27.5 Å². The molecule has 4 rings (SSSR count). The van der Waals surface area contributed by atoms with Crippen LogP contribution in [0.15, 0.2) is 60.2 Å². The third-order valence-electron chi connectivity index (χ3n) is 4.10. The number of nitrogens with one attached hydrogen (secondary N) is 3. The monoisotopic (exact) mass is 475 g/mol. The standard InChI is InChI=1S/C18H11BrClN5O4/c19-11-5-13-14(23-17(28)22-13)6-12(11)21-7-10-15(26)24-18(29)25(16(10)27)9-3-1-2-8(20)4-9/h1-7,27H,(H2,22,23,28)(H,24,26,29). The van der Waals surface area contributed by atoms with E-state index < -0.39 is 17.1 Å². The Morgan fingerprint density at radius 1 is 1.07 bits per heavy atom. The van der Waals surface area contributed by atoms with Gasteiger partial charge < -0.3 is 15.1 Å². The number of aliphatic imine (C=N–C) groups is 1. The highest BCUT2D eigenvalue weighted by atomic mass is 79.9. The van der Waals surface area contributed by atoms with Gasteiger partial charge in [-0.25, -0.2) is 14.2 Å². The van der Waals surface area contributed by atoms with Gasteiger partial charge in [-0.1, -0.05) is 17.7 Å². The summed E-state index contributed by atoms with van der Waals surface area (Å²) in [5.41, 5.74) is -0.440. The first-order chi connectivity index (χ1) is 13.8. The van der Waals surface area contributed by atoms with Crippen LogP contribution < -0.4 is 16.9 Å². The molecule has 2 aromatic carbocycles. The number of benzene rings is 2. The van der Waals surface area contributed by atoms with Gasteiger partial charge in [-0.15, -0.1) is 0 Å². The molecule has 0 atom stereocenters. The van der Waals surface area contributed by atoms with E-state index in [1.165, 1.54) is 6.07 Å². The van der Waals surface area contributed by atoms with Crippen molar-refractivity contribution >= 4 is 50.5 Å². The number of hydrogen-bond donors (Lipinski definition) is 4. The zero-order valence-electron chi connectivity index (χ0n) is 14.4. The van der Waals surface area contributed by atoms with Gasteiger partial charge in [0.05, 0.1) is 22.4 Å². The molecule has 0 saturated carbocycles. The van der Waals surface area contributed by atoms with E-state index in [1.54, 1.807) is 30.3 Å². The van der Waals surface area contributed by atoms with Crippen molar-refractivity contribution in [1.82, 2.24) is 19.5 Å². The van der Waals surface area contributed by atoms with E-state index in [1.807, 2.05) is 0 Å². The molecule has 0 unspecified atom stereocenters. The molecule has 0 fully saturated rings. The lowest BCUT2D eigenvalue weighted by molar-refractivity contribution is 0.430. The Labute approximate surface area is 174 Å². The second-order valence-electron chi connectivity index (χ2n) is 6.00. The van der Waals surface area contributed by atoms with Gasteiger partial charge in [0.15, 0.2) is 0 Å². The fourth-order valence-corrected chi connectivity index (χ4v) is 3.42. The van der Waals surface area contributed by atoms with Crippen molar-refractivity contribution in [2.75, 3.05) is 0 Å². The molecule has 0 aliphatic heterocycles. The molecule has 2 heterocycles. The van der Waals surface area contributed by atoms with Crippen molar-refractivity contribution in [1.29, 1.82) is 0 Å². The summed E-state index contributed by atoms with van der Waals surface area (Å²) in [5, 5.41) is 10.9. The van der Waals surface area contributed by atoms with Crippen LogP contribution in [0.1, 0.15) is 5.56 Å². The minimum Gasteiger partial charge on any atom is -0.493 e. The number of imidazole rings is 1. The maximum atomic E-state index is 12.2. The molecule has 2 aromatic heterocycles. The number of aromatic amines is 3. The van der Waals surface area contributed by atoms with Crippen LogP contribution in [0.3, 0.4) is 0 Å². The Hall–Kier alpha value is -3.37. The Balaban J connectivity index is 1.85. The predicted molar refractivity (Wildman–Crippen MR) is 113 cm³/mol. The summed E-state index contributed by atoms with van der Waals surface area (Å²) in [7, 11) is 0. The average molecular weight is 477 g/mol. The molecule has 0 amide bonds. The maximum Gasteiger partial charge on any atom is 0.335 e. The molecule has 0 aliphatic carbocycles. The Bertz CT molecular complexity index is 1460. The number of fused-ring (bicyclic) bond motifs is 1. The van der Waals surface area contributed by atoms with Crippen LogP contribution in [0.2, 0.25) is 5.02 Å². The summed E-state index contributed by atoms with van der Waals surface area (Å²) in [6.07, 6.45) is 1.13. The van der Waals surface area contributed by atoms with Gasteiger partial charge in [0.1, 0.15) is 5.56 Å². The number of H-pyrrole nitrogens is 3. The second kappa shape index (κ2) is 7.22. The van der Waals surface area contributed by atoms with Crippen molar-refractivity contribution < 1.29 is 5.11 Å². The highest BCUT2D eigenvalue weighted by Crippen LogP contribution is 2.29. The summed E-state index contributed by atoms with van der Waals surface area (Å²) in [4.78, 5) is 47.4. The average Bonchev–Trinajstić information content (AvgIpc) is 3.00. The molecule has 0 aliphatic rings. The summed E-state index contributed by atoms with van der Waals surface area (Å²) < 4.78 is 1.46. The van der Waals surface area contributed by atoms with Crippen LogP contribution in [-0.4, -0.2) is 30.8 Å². The molecular weight excluding hydrogens is 466 g/mol. The van der Waals surface area contributed by atoms with Gasteiger partial charge in [0.2, 0.25) is 5.88 Å². The highest BCUT2D eigenvalue weighted by molar-refractivity contribution is 9.10. The minimum atomic E-state index is -0.820. The van der Waals surface area contributed by atoms with Crippen molar-refractivity contribution in [3.05, 3.63) is 82.8 Å². The molecule has 9 nitrogen and oxygen atoms in total. The van der Waals surface area contributed by atoms with E-state index in [0.29, 0.717) is 26.2 Å². The number of aromatic hydroxyl groups is 1. The first-order valence-corrected chi connectivity index (χ1v) is 9.30. The third kappa shape index (κ3) is 3.55. The van der Waals surface area contributed by atoms with Crippen molar-refractivity contribution in [3.8, 4) is 11.6 Å². The van der Waals surface area contributed by atoms with Crippen LogP contribution in [-0.2, 0) is 0 Å². The number of rotatable bonds is 3. The minimum absolute atomic E-state index is 0.223. The van der Waals surface area contributed by atoms with Gasteiger partial charge >= 0.3 is 11.4 Å². The summed E-state index contributed by atoms with van der Waals surface area (Å²) in [6, 6.07) is 9.48. The SMILES string of the molecule is O=c1[nH]c2cc(Br)c(N=Cc3c(O)n(-c4cccc(Cl)c4)c(=O)[nH]c3=O)cc2[nH]1. The van der Waals surface area contributed by atoms with Crippen LogP contribution in [0, 0.1) is 0 Å². The second-order valence-corrected chi connectivity index (χ2v) is 7.29. The van der Waals surface area contributed by atoms with Gasteiger partial charge in [-0.05, 0) is 46.3 Å². The first kappa shape index (κ1) is 19.0. The Morgan fingerprint density at radius 3 is 2.52 bits per heavy atom. The Morgan fingerprint density at radius 2 is 1.79 bits per heavy atom. The molecule has 4 aromatic rings. The molecule has 11 heteroatoms. The van der Waals surface area contributed by atoms with Crippen LogP contribution in [0.4, 0.5) is 5.69 Å². The molecular formula is C18H11BrClN5O4. The van der Waals surface area contributed by atoms with Gasteiger partial charge in [0.25, 0.3) is 5.56 Å². The normalized spacial score (nSPS) is 11.5. The Kier molecular flexibility index (Phi) is 4.73. The zero-order chi connectivity index (χ0) is 20.7. The van der Waals surface area contributed by atoms with E-state index in [2.05, 4.69) is 35.9 Å². The number of aromatic nitrogens is 4. The van der Waals surface area contributed by atoms with E-state index in [0.717, 1.165) is 10.8 Å². The van der Waals surface area contributed by atoms with Crippen LogP contribution in [0.25, 0.3) is 16.7 Å². The third-order valence-corrected chi connectivity index (χ3v) is 4.97. The van der Waals surface area contributed by atoms with E-state index >= 15 is 0 Å². The van der Waals surface area contributed by atoms with E-state index in [-0.39, 0.29) is 16.9 Å². The zero-order valence-corrected chi connectivity index (χ0v) is 16.7. The van der Waals surface area contributed by atoms with Gasteiger partial charge in [0, 0.05) is 15.7 Å². The molecule has 29 heavy (non-hydrogen) atoms. The largest absolute Gasteiger partial charge is 0.493 e. The quantitative estimate of drug-likeness (QED) is 0.338. The fourth-order valence-electron chi connectivity index (χ4n) is 2.79. The number of hydrogen-bond acceptors (Lipinski definition) is 5. The lowest BCUT2D eigenvalue weighted by atomic mass is 10.2. The lowest BCUT2D eigenvalue weighted by Gasteiger charge is -2.09. The summed E-state index contributed by atoms with van der Waals surface area (Å²) in [5.74, 6) is -0.586. The lowest BCUT2D eigenvalue weighted by Crippen LogP contribution is -2.31. The predicted octanol–water partition coefficient (Wildman–Crippen LogP) is 2.57. The van der Waals surface area contributed by atoms with Crippen molar-refractivity contribution in [2.24, 2.45) is 4.99 Å². The molecule has 0 saturated heterocycles. The molecule has 0 spiro atoms. The summed E-state index contributed by atoms with van der Waals surface area (Å²) in [6.45, 7) is 0. The van der Waals surface area contributed by atoms with Crippen molar-refractivity contribution in [2.45, 2.75) is 0 Å².